The minimum Gasteiger partial charge on any atom is -0.543 e. The number of thiazole rings is 1. The largest absolute Gasteiger partial charge is 0.543 e. The fourth-order valence-corrected chi connectivity index (χ4v) is 4.88. The first-order chi connectivity index (χ1) is 11.3. The van der Waals surface area contributed by atoms with Gasteiger partial charge in [-0.25, -0.2) is 4.57 Å². The van der Waals surface area contributed by atoms with E-state index in [1.807, 2.05) is 34.6 Å². The molecule has 0 radical (unpaired) electrons. The summed E-state index contributed by atoms with van der Waals surface area (Å²) in [5, 5.41) is 23.4. The van der Waals surface area contributed by atoms with Crippen molar-refractivity contribution in [1.82, 2.24) is 9.47 Å². The number of aliphatic hydroxyl groups is 1. The summed E-state index contributed by atoms with van der Waals surface area (Å²) >= 11 is 1.53. The smallest absolute Gasteiger partial charge is 0.250 e. The summed E-state index contributed by atoms with van der Waals surface area (Å²) in [5.74, 6) is -2.24. The van der Waals surface area contributed by atoms with Crippen LogP contribution < -0.4 is 9.51 Å². The zero-order chi connectivity index (χ0) is 17.3. The first-order valence-electron chi connectivity index (χ1n) is 7.73. The van der Waals surface area contributed by atoms with E-state index in [9.17, 15) is 19.8 Å². The van der Waals surface area contributed by atoms with Gasteiger partial charge in [-0.1, -0.05) is 11.3 Å². The number of nitrogens with zero attached hydrogens (tertiary/aromatic N) is 3. The van der Waals surface area contributed by atoms with Crippen LogP contribution in [-0.2, 0) is 16.6 Å². The van der Waals surface area contributed by atoms with E-state index in [4.69, 9.17) is 0 Å². The van der Waals surface area contributed by atoms with Crippen molar-refractivity contribution in [2.24, 2.45) is 13.0 Å². The molecule has 4 heterocycles. The van der Waals surface area contributed by atoms with Crippen LogP contribution >= 0.6 is 11.3 Å². The minimum atomic E-state index is -1.35. The Balaban J connectivity index is 1.86. The highest BCUT2D eigenvalue weighted by molar-refractivity contribution is 7.15. The van der Waals surface area contributed by atoms with Crippen molar-refractivity contribution in [3.05, 3.63) is 28.8 Å². The molecule has 2 aliphatic heterocycles. The summed E-state index contributed by atoms with van der Waals surface area (Å²) in [7, 11) is 1.93. The van der Waals surface area contributed by atoms with Crippen molar-refractivity contribution in [3.63, 3.8) is 0 Å². The molecule has 0 spiro atoms. The normalized spacial score (nSPS) is 24.5. The summed E-state index contributed by atoms with van der Waals surface area (Å²) in [6.45, 7) is 3.56. The molecule has 24 heavy (non-hydrogen) atoms. The number of carboxylic acid groups (broad SMARTS) is 1. The second kappa shape index (κ2) is 4.90. The van der Waals surface area contributed by atoms with Crippen molar-refractivity contribution < 1.29 is 24.2 Å². The number of aliphatic hydroxyl groups excluding tert-OH is 1. The first-order valence-corrected chi connectivity index (χ1v) is 8.61. The molecule has 126 valence electrons. The van der Waals surface area contributed by atoms with Gasteiger partial charge in [0.25, 0.3) is 0 Å². The predicted octanol–water partition coefficient (Wildman–Crippen LogP) is -0.794. The number of aliphatic carboxylic acids is 1. The Hall–Kier alpha value is -2.19. The molecule has 0 saturated carbocycles. The number of imidazole rings is 1. The summed E-state index contributed by atoms with van der Waals surface area (Å²) in [4.78, 5) is 26.3. The monoisotopic (exact) mass is 347 g/mol. The molecule has 1 N–H and O–H groups in total. The second-order valence-electron chi connectivity index (χ2n) is 6.47. The lowest BCUT2D eigenvalue weighted by Crippen LogP contribution is -2.62. The number of carboxylic acids is 1. The number of aryl methyl sites for hydroxylation is 2. The molecule has 0 aromatic carbocycles. The van der Waals surface area contributed by atoms with Crippen molar-refractivity contribution in [3.8, 4) is 0 Å². The van der Waals surface area contributed by atoms with Gasteiger partial charge in [-0.2, -0.15) is 4.40 Å². The van der Waals surface area contributed by atoms with Gasteiger partial charge in [0.2, 0.25) is 17.1 Å². The van der Waals surface area contributed by atoms with E-state index in [0.29, 0.717) is 12.0 Å². The van der Waals surface area contributed by atoms with E-state index in [1.54, 1.807) is 6.92 Å². The summed E-state index contributed by atoms with van der Waals surface area (Å²) in [5.41, 5.74) is 2.39. The third-order valence-electron chi connectivity index (χ3n) is 5.12. The number of carbonyl (C=O) groups excluding carboxylic acids is 2. The van der Waals surface area contributed by atoms with Gasteiger partial charge in [-0.15, -0.1) is 0 Å². The molecule has 0 aliphatic carbocycles. The Morgan fingerprint density at radius 3 is 2.88 bits per heavy atom. The highest BCUT2D eigenvalue weighted by Gasteiger charge is 2.56. The van der Waals surface area contributed by atoms with Crippen molar-refractivity contribution >= 4 is 33.6 Å². The van der Waals surface area contributed by atoms with E-state index < -0.39 is 18.0 Å². The summed E-state index contributed by atoms with van der Waals surface area (Å²) in [6.07, 6.45) is 1.52. The zero-order valence-electron chi connectivity index (χ0n) is 13.5. The van der Waals surface area contributed by atoms with E-state index in [1.165, 1.54) is 16.2 Å². The molecule has 2 aliphatic rings. The molecule has 7 nitrogen and oxygen atoms in total. The minimum absolute atomic E-state index is 0.0596. The molecule has 0 bridgehead atoms. The summed E-state index contributed by atoms with van der Waals surface area (Å²) < 4.78 is 3.92. The third kappa shape index (κ3) is 1.78. The molecule has 2 aromatic heterocycles. The lowest BCUT2D eigenvalue weighted by Gasteiger charge is -2.45. The maximum atomic E-state index is 12.3. The molecule has 8 heteroatoms. The Labute approximate surface area is 142 Å². The van der Waals surface area contributed by atoms with Gasteiger partial charge in [0.05, 0.1) is 36.8 Å². The second-order valence-corrected chi connectivity index (χ2v) is 7.33. The van der Waals surface area contributed by atoms with Crippen molar-refractivity contribution in [2.75, 3.05) is 0 Å². The van der Waals surface area contributed by atoms with Gasteiger partial charge in [0.15, 0.2) is 5.69 Å². The summed E-state index contributed by atoms with van der Waals surface area (Å²) in [6, 6.07) is -0.305. The van der Waals surface area contributed by atoms with Crippen LogP contribution in [0.15, 0.2) is 17.4 Å². The van der Waals surface area contributed by atoms with Crippen LogP contribution in [0.4, 0.5) is 0 Å². The van der Waals surface area contributed by atoms with E-state index >= 15 is 0 Å². The molecule has 1 saturated heterocycles. The average molecular weight is 347 g/mol. The molecular formula is C16H17N3O4S. The van der Waals surface area contributed by atoms with Gasteiger partial charge in [-0.3, -0.25) is 4.79 Å². The molecule has 1 amide bonds. The molecule has 4 rings (SSSR count). The number of amides is 1. The molecule has 2 aromatic rings. The Kier molecular flexibility index (Phi) is 3.14. The molecule has 3 atom stereocenters. The highest BCUT2D eigenvalue weighted by Crippen LogP contribution is 2.46. The Bertz CT molecular complexity index is 923. The van der Waals surface area contributed by atoms with Crippen LogP contribution in [-0.4, -0.2) is 38.6 Å². The van der Waals surface area contributed by atoms with Gasteiger partial charge in [0, 0.05) is 24.3 Å². The number of fused-ring (bicyclic) bond motifs is 2. The van der Waals surface area contributed by atoms with Crippen LogP contribution in [0.2, 0.25) is 0 Å². The number of rotatable bonds is 3. The zero-order valence-corrected chi connectivity index (χ0v) is 14.3. The first kappa shape index (κ1) is 15.3. The molecular weight excluding hydrogens is 330 g/mol. The number of carbonyl (C=O) groups is 2. The predicted molar refractivity (Wildman–Crippen MR) is 83.5 cm³/mol. The number of hydrogen-bond donors (Lipinski definition) is 1. The SMILES string of the molecule is Cc1c2scc(C3=C(C(=O)[O-])N4C(=O)[C@H]([C@@H](C)O)[C@H]4C3)[n+]2cn1C. The fraction of sp³-hybridized carbons (Fsp3) is 0.438. The molecule has 0 unspecified atom stereocenters. The van der Waals surface area contributed by atoms with Gasteiger partial charge < -0.3 is 19.9 Å². The number of aromatic nitrogens is 2. The lowest BCUT2D eigenvalue weighted by atomic mass is 9.83. The number of hydrogen-bond acceptors (Lipinski definition) is 5. The van der Waals surface area contributed by atoms with Crippen LogP contribution in [0.1, 0.15) is 24.7 Å². The topological polar surface area (TPSA) is 89.7 Å². The molecule has 1 fully saturated rings. The van der Waals surface area contributed by atoms with Gasteiger partial charge in [-0.05, 0) is 6.92 Å². The maximum Gasteiger partial charge on any atom is 0.250 e. The van der Waals surface area contributed by atoms with E-state index in [-0.39, 0.29) is 17.6 Å². The van der Waals surface area contributed by atoms with E-state index in [0.717, 1.165) is 16.2 Å². The van der Waals surface area contributed by atoms with Crippen molar-refractivity contribution in [1.29, 1.82) is 0 Å². The quantitative estimate of drug-likeness (QED) is 0.582. The van der Waals surface area contributed by atoms with E-state index in [2.05, 4.69) is 0 Å². The number of β-lactam (4-membered cyclic amide) rings is 1. The lowest BCUT2D eigenvalue weighted by molar-refractivity contribution is -0.511. The van der Waals surface area contributed by atoms with Crippen molar-refractivity contribution in [2.45, 2.75) is 32.4 Å². The van der Waals surface area contributed by atoms with Gasteiger partial charge >= 0.3 is 0 Å². The van der Waals surface area contributed by atoms with Crippen LogP contribution in [0.5, 0.6) is 0 Å². The Morgan fingerprint density at radius 2 is 2.25 bits per heavy atom. The standard InChI is InChI=1S/C16H17N3O4S/c1-7-15-18(6-17(7)3)11(5-24-15)9-4-10-12(8(2)20)14(21)19(10)13(9)16(22)23/h5-6,8,10,12,20H,4H2,1-3H3/t8-,10-,12-/m1/s1. The Morgan fingerprint density at radius 1 is 1.54 bits per heavy atom. The average Bonchev–Trinajstić information content (AvgIpc) is 3.12. The highest BCUT2D eigenvalue weighted by atomic mass is 32.1. The third-order valence-corrected chi connectivity index (χ3v) is 6.18. The van der Waals surface area contributed by atoms with Crippen LogP contribution in [0, 0.1) is 12.8 Å². The maximum absolute atomic E-state index is 12.3. The van der Waals surface area contributed by atoms with Crippen LogP contribution in [0.3, 0.4) is 0 Å². The fourth-order valence-electron chi connectivity index (χ4n) is 3.82. The van der Waals surface area contributed by atoms with Gasteiger partial charge in [0.1, 0.15) is 5.69 Å². The van der Waals surface area contributed by atoms with Crippen LogP contribution in [0.25, 0.3) is 10.4 Å².